The monoisotopic (exact) mass is 368 g/mol. The summed E-state index contributed by atoms with van der Waals surface area (Å²) in [7, 11) is 1.56. The maximum absolute atomic E-state index is 12.9. The van der Waals surface area contributed by atoms with Crippen molar-refractivity contribution in [3.05, 3.63) is 47.8 Å². The quantitative estimate of drug-likeness (QED) is 0.711. The fourth-order valence-corrected chi connectivity index (χ4v) is 4.07. The van der Waals surface area contributed by atoms with Crippen molar-refractivity contribution in [3.8, 4) is 5.75 Å². The molecule has 0 spiro atoms. The van der Waals surface area contributed by atoms with Crippen LogP contribution in [-0.4, -0.2) is 53.5 Å². The molecule has 3 heterocycles. The van der Waals surface area contributed by atoms with Crippen LogP contribution >= 0.6 is 11.5 Å². The lowest BCUT2D eigenvalue weighted by Gasteiger charge is -2.35. The minimum absolute atomic E-state index is 0.00450. The van der Waals surface area contributed by atoms with E-state index in [0.717, 1.165) is 24.6 Å². The Bertz CT molecular complexity index is 948. The molecule has 2 aromatic heterocycles. The van der Waals surface area contributed by atoms with Gasteiger partial charge >= 0.3 is 0 Å². The molecule has 1 saturated heterocycles. The minimum Gasteiger partial charge on any atom is -0.494 e. The number of anilines is 1. The Morgan fingerprint density at radius 2 is 1.96 bits per heavy atom. The first-order valence-electron chi connectivity index (χ1n) is 8.56. The van der Waals surface area contributed by atoms with Crippen LogP contribution in [0.15, 0.2) is 36.5 Å². The standard InChI is InChI=1S/C19H20N4O2S/c1-13-11-15(16(25-2)12-20-13)19(24)23-9-7-22(8-10-23)18-14-5-3-4-6-17(14)26-21-18/h3-6,11-12H,7-10H2,1-2H3. The molecule has 6 nitrogen and oxygen atoms in total. The summed E-state index contributed by atoms with van der Waals surface area (Å²) in [4.78, 5) is 21.3. The maximum atomic E-state index is 12.9. The van der Waals surface area contributed by atoms with E-state index in [9.17, 15) is 4.79 Å². The van der Waals surface area contributed by atoms with Gasteiger partial charge in [0.05, 0.1) is 23.6 Å². The van der Waals surface area contributed by atoms with E-state index in [1.165, 1.54) is 21.6 Å². The summed E-state index contributed by atoms with van der Waals surface area (Å²) in [6.07, 6.45) is 1.61. The molecule has 3 aromatic rings. The van der Waals surface area contributed by atoms with Crippen molar-refractivity contribution < 1.29 is 9.53 Å². The zero-order valence-corrected chi connectivity index (χ0v) is 15.6. The van der Waals surface area contributed by atoms with Crippen molar-refractivity contribution in [2.24, 2.45) is 0 Å². The van der Waals surface area contributed by atoms with Gasteiger partial charge in [-0.1, -0.05) is 12.1 Å². The van der Waals surface area contributed by atoms with E-state index >= 15 is 0 Å². The Labute approximate surface area is 156 Å². The highest BCUT2D eigenvalue weighted by atomic mass is 32.1. The van der Waals surface area contributed by atoms with Crippen LogP contribution in [0, 0.1) is 6.92 Å². The van der Waals surface area contributed by atoms with Gasteiger partial charge in [0.15, 0.2) is 0 Å². The summed E-state index contributed by atoms with van der Waals surface area (Å²) in [6, 6.07) is 10.1. The molecule has 1 fully saturated rings. The molecule has 0 atom stereocenters. The number of hydrogen-bond donors (Lipinski definition) is 0. The zero-order chi connectivity index (χ0) is 18.1. The smallest absolute Gasteiger partial charge is 0.257 e. The van der Waals surface area contributed by atoms with Gasteiger partial charge < -0.3 is 14.5 Å². The molecule has 7 heteroatoms. The predicted molar refractivity (Wildman–Crippen MR) is 103 cm³/mol. The van der Waals surface area contributed by atoms with Crippen LogP contribution in [0.5, 0.6) is 5.75 Å². The van der Waals surface area contributed by atoms with E-state index in [4.69, 9.17) is 4.74 Å². The Balaban J connectivity index is 1.50. The lowest BCUT2D eigenvalue weighted by Crippen LogP contribution is -2.49. The topological polar surface area (TPSA) is 58.6 Å². The summed E-state index contributed by atoms with van der Waals surface area (Å²) in [6.45, 7) is 4.74. The molecule has 1 aliphatic heterocycles. The number of fused-ring (bicyclic) bond motifs is 1. The van der Waals surface area contributed by atoms with Crippen LogP contribution in [-0.2, 0) is 0 Å². The minimum atomic E-state index is -0.00450. The van der Waals surface area contributed by atoms with E-state index in [2.05, 4.69) is 26.4 Å². The van der Waals surface area contributed by atoms with E-state index in [0.29, 0.717) is 24.4 Å². The van der Waals surface area contributed by atoms with Crippen LogP contribution in [0.3, 0.4) is 0 Å². The first kappa shape index (κ1) is 16.8. The molecule has 0 N–H and O–H groups in total. The van der Waals surface area contributed by atoms with Crippen LogP contribution in [0.1, 0.15) is 16.1 Å². The predicted octanol–water partition coefficient (Wildman–Crippen LogP) is 2.97. The number of rotatable bonds is 3. The summed E-state index contributed by atoms with van der Waals surface area (Å²) in [5, 5.41) is 1.18. The normalized spacial score (nSPS) is 14.7. The number of amides is 1. The number of aromatic nitrogens is 2. The molecule has 0 unspecified atom stereocenters. The Morgan fingerprint density at radius 3 is 2.73 bits per heavy atom. The van der Waals surface area contributed by atoms with E-state index in [1.54, 1.807) is 19.4 Å². The van der Waals surface area contributed by atoms with Crippen molar-refractivity contribution in [1.29, 1.82) is 0 Å². The Hall–Kier alpha value is -2.67. The van der Waals surface area contributed by atoms with Crippen molar-refractivity contribution in [2.75, 3.05) is 38.2 Å². The molecule has 1 aliphatic rings. The van der Waals surface area contributed by atoms with Gasteiger partial charge in [0.2, 0.25) is 0 Å². The first-order valence-corrected chi connectivity index (χ1v) is 9.34. The highest BCUT2D eigenvalue weighted by molar-refractivity contribution is 7.13. The number of carbonyl (C=O) groups is 1. The van der Waals surface area contributed by atoms with E-state index < -0.39 is 0 Å². The van der Waals surface area contributed by atoms with Crippen molar-refractivity contribution >= 4 is 33.3 Å². The van der Waals surface area contributed by atoms with Crippen LogP contribution < -0.4 is 9.64 Å². The first-order chi connectivity index (χ1) is 12.7. The Kier molecular flexibility index (Phi) is 4.46. The lowest BCUT2D eigenvalue weighted by molar-refractivity contribution is 0.0743. The van der Waals surface area contributed by atoms with Gasteiger partial charge in [-0.05, 0) is 36.7 Å². The molecule has 0 saturated carbocycles. The molecule has 0 bridgehead atoms. The second-order valence-electron chi connectivity index (χ2n) is 6.31. The van der Waals surface area contributed by atoms with Crippen molar-refractivity contribution in [1.82, 2.24) is 14.3 Å². The molecule has 0 aliphatic carbocycles. The summed E-state index contributed by atoms with van der Waals surface area (Å²) < 4.78 is 11.1. The molecule has 26 heavy (non-hydrogen) atoms. The third-order valence-electron chi connectivity index (χ3n) is 4.68. The maximum Gasteiger partial charge on any atom is 0.257 e. The third kappa shape index (κ3) is 2.99. The van der Waals surface area contributed by atoms with Gasteiger partial charge in [-0.15, -0.1) is 0 Å². The molecule has 1 aromatic carbocycles. The number of benzene rings is 1. The number of nitrogens with zero attached hydrogens (tertiary/aromatic N) is 4. The molecular formula is C19H20N4O2S. The van der Waals surface area contributed by atoms with Gasteiger partial charge in [0.1, 0.15) is 11.6 Å². The van der Waals surface area contributed by atoms with Gasteiger partial charge in [0.25, 0.3) is 5.91 Å². The molecule has 0 radical (unpaired) electrons. The van der Waals surface area contributed by atoms with E-state index in [-0.39, 0.29) is 5.91 Å². The van der Waals surface area contributed by atoms with Crippen molar-refractivity contribution in [2.45, 2.75) is 6.92 Å². The molecule has 134 valence electrons. The fraction of sp³-hybridized carbons (Fsp3) is 0.316. The zero-order valence-electron chi connectivity index (χ0n) is 14.8. The van der Waals surface area contributed by atoms with Gasteiger partial charge in [-0.2, -0.15) is 4.37 Å². The molecular weight excluding hydrogens is 348 g/mol. The average molecular weight is 368 g/mol. The highest BCUT2D eigenvalue weighted by Gasteiger charge is 2.26. The third-order valence-corrected chi connectivity index (χ3v) is 5.50. The number of ether oxygens (including phenoxy) is 1. The highest BCUT2D eigenvalue weighted by Crippen LogP contribution is 2.30. The van der Waals surface area contributed by atoms with Gasteiger partial charge in [-0.3, -0.25) is 9.78 Å². The van der Waals surface area contributed by atoms with E-state index in [1.807, 2.05) is 24.0 Å². The summed E-state index contributed by atoms with van der Waals surface area (Å²) in [5.74, 6) is 1.54. The lowest BCUT2D eigenvalue weighted by atomic mass is 10.1. The number of aryl methyl sites for hydroxylation is 1. The average Bonchev–Trinajstić information content (AvgIpc) is 3.11. The summed E-state index contributed by atoms with van der Waals surface area (Å²) >= 11 is 1.52. The summed E-state index contributed by atoms with van der Waals surface area (Å²) in [5.41, 5.74) is 1.38. The number of piperazine rings is 1. The second-order valence-corrected chi connectivity index (χ2v) is 7.11. The van der Waals surface area contributed by atoms with Crippen molar-refractivity contribution in [3.63, 3.8) is 0 Å². The molecule has 4 rings (SSSR count). The number of methoxy groups -OCH3 is 1. The second kappa shape index (κ2) is 6.92. The molecule has 1 amide bonds. The number of carbonyl (C=O) groups excluding carboxylic acids is 1. The number of hydrogen-bond acceptors (Lipinski definition) is 6. The SMILES string of the molecule is COc1cnc(C)cc1C(=O)N1CCN(c2nsc3ccccc23)CC1. The van der Waals surface area contributed by atoms with Crippen LogP contribution in [0.4, 0.5) is 5.82 Å². The Morgan fingerprint density at radius 1 is 1.19 bits per heavy atom. The largest absolute Gasteiger partial charge is 0.494 e. The van der Waals surface area contributed by atoms with Gasteiger partial charge in [-0.25, -0.2) is 0 Å². The fourth-order valence-electron chi connectivity index (χ4n) is 3.27. The van der Waals surface area contributed by atoms with Crippen LogP contribution in [0.25, 0.3) is 10.1 Å². The van der Waals surface area contributed by atoms with Gasteiger partial charge in [0, 0.05) is 37.3 Å². The van der Waals surface area contributed by atoms with Crippen LogP contribution in [0.2, 0.25) is 0 Å². The number of pyridine rings is 1.